The number of furan rings is 1. The lowest BCUT2D eigenvalue weighted by Gasteiger charge is -2.10. The van der Waals surface area contributed by atoms with Crippen LogP contribution >= 0.6 is 15.9 Å². The first-order chi connectivity index (χ1) is 6.74. The van der Waals surface area contributed by atoms with Crippen molar-refractivity contribution in [3.63, 3.8) is 0 Å². The third-order valence-corrected chi connectivity index (χ3v) is 2.68. The minimum atomic E-state index is 0.304. The first-order valence-electron chi connectivity index (χ1n) is 5.22. The predicted octanol–water partition coefficient (Wildman–Crippen LogP) is 3.88. The maximum absolute atomic E-state index is 5.46. The van der Waals surface area contributed by atoms with Crippen LogP contribution < -0.4 is 5.32 Å². The lowest BCUT2D eigenvalue weighted by Crippen LogP contribution is -2.19. The normalized spacial score (nSPS) is 13.1. The second-order valence-corrected chi connectivity index (χ2v) is 4.31. The quantitative estimate of drug-likeness (QED) is 0.785. The third kappa shape index (κ3) is 3.84. The molecule has 1 aromatic rings. The topological polar surface area (TPSA) is 25.2 Å². The number of rotatable bonds is 6. The molecule has 0 aliphatic rings. The average Bonchev–Trinajstić information content (AvgIpc) is 2.59. The van der Waals surface area contributed by atoms with Gasteiger partial charge in [0.05, 0.1) is 6.04 Å². The van der Waals surface area contributed by atoms with Crippen molar-refractivity contribution in [3.8, 4) is 0 Å². The second-order valence-electron chi connectivity index (χ2n) is 3.52. The summed E-state index contributed by atoms with van der Waals surface area (Å²) in [7, 11) is 0. The zero-order chi connectivity index (χ0) is 10.4. The van der Waals surface area contributed by atoms with Gasteiger partial charge in [-0.1, -0.05) is 19.8 Å². The molecule has 1 rings (SSSR count). The molecular weight excluding hydrogens is 242 g/mol. The van der Waals surface area contributed by atoms with Gasteiger partial charge < -0.3 is 9.73 Å². The van der Waals surface area contributed by atoms with E-state index in [0.717, 1.165) is 17.0 Å². The summed E-state index contributed by atoms with van der Waals surface area (Å²) in [6.07, 6.45) is 3.80. The minimum Gasteiger partial charge on any atom is -0.453 e. The molecule has 1 N–H and O–H groups in total. The monoisotopic (exact) mass is 259 g/mol. The Morgan fingerprint density at radius 1 is 1.43 bits per heavy atom. The molecule has 1 aromatic heterocycles. The van der Waals surface area contributed by atoms with E-state index in [4.69, 9.17) is 4.42 Å². The fourth-order valence-corrected chi connectivity index (χ4v) is 1.67. The van der Waals surface area contributed by atoms with Crippen molar-refractivity contribution >= 4 is 15.9 Å². The predicted molar refractivity (Wildman–Crippen MR) is 62.4 cm³/mol. The van der Waals surface area contributed by atoms with E-state index in [1.807, 2.05) is 12.1 Å². The van der Waals surface area contributed by atoms with Gasteiger partial charge in [0.25, 0.3) is 0 Å². The molecular formula is C11H18BrNO. The fraction of sp³-hybridized carbons (Fsp3) is 0.636. The van der Waals surface area contributed by atoms with E-state index < -0.39 is 0 Å². The number of nitrogens with one attached hydrogen (secondary N) is 1. The van der Waals surface area contributed by atoms with Gasteiger partial charge in [-0.3, -0.25) is 0 Å². The van der Waals surface area contributed by atoms with Gasteiger partial charge in [-0.15, -0.1) is 0 Å². The van der Waals surface area contributed by atoms with Crippen molar-refractivity contribution in [1.82, 2.24) is 5.32 Å². The van der Waals surface area contributed by atoms with Crippen molar-refractivity contribution < 1.29 is 4.42 Å². The van der Waals surface area contributed by atoms with Gasteiger partial charge in [0.15, 0.2) is 4.67 Å². The minimum absolute atomic E-state index is 0.304. The van der Waals surface area contributed by atoms with Gasteiger partial charge in [-0.05, 0) is 48.0 Å². The Balaban J connectivity index is 2.25. The summed E-state index contributed by atoms with van der Waals surface area (Å²) in [6.45, 7) is 5.40. The molecule has 80 valence electrons. The zero-order valence-corrected chi connectivity index (χ0v) is 10.4. The Bertz CT molecular complexity index is 260. The molecule has 0 aromatic carbocycles. The van der Waals surface area contributed by atoms with Crippen molar-refractivity contribution in [1.29, 1.82) is 0 Å². The largest absolute Gasteiger partial charge is 0.453 e. The van der Waals surface area contributed by atoms with Crippen LogP contribution in [0.4, 0.5) is 0 Å². The van der Waals surface area contributed by atoms with E-state index in [-0.39, 0.29) is 0 Å². The van der Waals surface area contributed by atoms with E-state index >= 15 is 0 Å². The molecule has 0 fully saturated rings. The number of halogens is 1. The molecule has 2 nitrogen and oxygen atoms in total. The van der Waals surface area contributed by atoms with Gasteiger partial charge in [-0.25, -0.2) is 0 Å². The van der Waals surface area contributed by atoms with Gasteiger partial charge in [-0.2, -0.15) is 0 Å². The standard InChI is InChI=1S/C11H18BrNO/c1-3-4-5-8-13-9(2)10-6-7-11(12)14-10/h6-7,9,13H,3-5,8H2,1-2H3. The molecule has 0 saturated carbocycles. The van der Waals surface area contributed by atoms with E-state index in [1.54, 1.807) is 0 Å². The fourth-order valence-electron chi connectivity index (χ4n) is 1.36. The second kappa shape index (κ2) is 6.25. The molecule has 1 unspecified atom stereocenters. The van der Waals surface area contributed by atoms with Crippen LogP contribution in [-0.4, -0.2) is 6.54 Å². The number of unbranched alkanes of at least 4 members (excludes halogenated alkanes) is 2. The summed E-state index contributed by atoms with van der Waals surface area (Å²) in [5.74, 6) is 0.994. The summed E-state index contributed by atoms with van der Waals surface area (Å²) in [5.41, 5.74) is 0. The van der Waals surface area contributed by atoms with Crippen molar-refractivity contribution in [2.24, 2.45) is 0 Å². The van der Waals surface area contributed by atoms with E-state index in [2.05, 4.69) is 35.1 Å². The molecule has 1 heterocycles. The number of hydrogen-bond acceptors (Lipinski definition) is 2. The number of hydrogen-bond donors (Lipinski definition) is 1. The third-order valence-electron chi connectivity index (χ3n) is 2.25. The maximum atomic E-state index is 5.46. The molecule has 0 saturated heterocycles. The summed E-state index contributed by atoms with van der Waals surface area (Å²) in [5, 5.41) is 3.43. The highest BCUT2D eigenvalue weighted by molar-refractivity contribution is 9.10. The van der Waals surface area contributed by atoms with Crippen molar-refractivity contribution in [2.75, 3.05) is 6.54 Å². The Morgan fingerprint density at radius 2 is 2.21 bits per heavy atom. The summed E-state index contributed by atoms with van der Waals surface area (Å²) in [4.78, 5) is 0. The van der Waals surface area contributed by atoms with E-state index in [1.165, 1.54) is 19.3 Å². The summed E-state index contributed by atoms with van der Waals surface area (Å²) in [6, 6.07) is 4.24. The first-order valence-corrected chi connectivity index (χ1v) is 6.02. The molecule has 0 radical (unpaired) electrons. The summed E-state index contributed by atoms with van der Waals surface area (Å²) < 4.78 is 6.26. The molecule has 14 heavy (non-hydrogen) atoms. The average molecular weight is 260 g/mol. The molecule has 0 spiro atoms. The lowest BCUT2D eigenvalue weighted by atomic mass is 10.2. The Morgan fingerprint density at radius 3 is 2.79 bits per heavy atom. The molecule has 3 heteroatoms. The highest BCUT2D eigenvalue weighted by Gasteiger charge is 2.07. The summed E-state index contributed by atoms with van der Waals surface area (Å²) >= 11 is 3.30. The lowest BCUT2D eigenvalue weighted by molar-refractivity contribution is 0.415. The van der Waals surface area contributed by atoms with Gasteiger partial charge in [0.1, 0.15) is 5.76 Å². The van der Waals surface area contributed by atoms with E-state index in [9.17, 15) is 0 Å². The molecule has 1 atom stereocenters. The van der Waals surface area contributed by atoms with Crippen LogP contribution in [0, 0.1) is 0 Å². The van der Waals surface area contributed by atoms with Crippen LogP contribution in [0.15, 0.2) is 21.2 Å². The van der Waals surface area contributed by atoms with Crippen LogP contribution in [0.25, 0.3) is 0 Å². The van der Waals surface area contributed by atoms with E-state index in [0.29, 0.717) is 6.04 Å². The van der Waals surface area contributed by atoms with Crippen LogP contribution in [0.1, 0.15) is 44.9 Å². The van der Waals surface area contributed by atoms with Crippen LogP contribution in [0.5, 0.6) is 0 Å². The van der Waals surface area contributed by atoms with Gasteiger partial charge in [0, 0.05) is 0 Å². The molecule has 0 aliphatic carbocycles. The maximum Gasteiger partial charge on any atom is 0.169 e. The molecule has 0 aliphatic heterocycles. The van der Waals surface area contributed by atoms with Gasteiger partial charge in [0.2, 0.25) is 0 Å². The zero-order valence-electron chi connectivity index (χ0n) is 8.85. The van der Waals surface area contributed by atoms with Crippen molar-refractivity contribution in [3.05, 3.63) is 22.6 Å². The smallest absolute Gasteiger partial charge is 0.169 e. The van der Waals surface area contributed by atoms with Crippen LogP contribution in [-0.2, 0) is 0 Å². The van der Waals surface area contributed by atoms with Crippen LogP contribution in [0.3, 0.4) is 0 Å². The SMILES string of the molecule is CCCCCNC(C)c1ccc(Br)o1. The van der Waals surface area contributed by atoms with Gasteiger partial charge >= 0.3 is 0 Å². The highest BCUT2D eigenvalue weighted by Crippen LogP contribution is 2.19. The first kappa shape index (κ1) is 11.8. The molecule has 0 amide bonds. The van der Waals surface area contributed by atoms with Crippen molar-refractivity contribution in [2.45, 2.75) is 39.2 Å². The Hall–Kier alpha value is -0.280. The Kier molecular flexibility index (Phi) is 5.26. The Labute approximate surface area is 94.2 Å². The van der Waals surface area contributed by atoms with Crippen LogP contribution in [0.2, 0.25) is 0 Å². The highest BCUT2D eigenvalue weighted by atomic mass is 79.9. The molecule has 0 bridgehead atoms.